The van der Waals surface area contributed by atoms with Gasteiger partial charge in [-0.3, -0.25) is 4.79 Å². The van der Waals surface area contributed by atoms with Gasteiger partial charge in [0, 0.05) is 6.26 Å². The number of aromatic nitrogens is 2. The van der Waals surface area contributed by atoms with Crippen molar-refractivity contribution in [1.29, 1.82) is 0 Å². The molecular weight excluding hydrogens is 473 g/mol. The van der Waals surface area contributed by atoms with Gasteiger partial charge in [-0.05, 0) is 56.5 Å². The minimum absolute atomic E-state index is 0.0529. The molecule has 0 bridgehead atoms. The molecular formula is C13H12Br2ClN3O3S. The fourth-order valence-electron chi connectivity index (χ4n) is 1.78. The zero-order valence-electron chi connectivity index (χ0n) is 12.1. The van der Waals surface area contributed by atoms with E-state index in [1.165, 1.54) is 4.68 Å². The Kier molecular flexibility index (Phi) is 5.55. The first-order chi connectivity index (χ1) is 10.6. The van der Waals surface area contributed by atoms with Crippen LogP contribution in [-0.4, -0.2) is 30.4 Å². The molecule has 0 aliphatic rings. The molecule has 0 aliphatic carbocycles. The molecule has 1 aromatic carbocycles. The third-order valence-electron chi connectivity index (χ3n) is 2.78. The molecule has 0 radical (unpaired) electrons. The van der Waals surface area contributed by atoms with E-state index in [0.717, 1.165) is 11.8 Å². The summed E-state index contributed by atoms with van der Waals surface area (Å²) in [4.78, 5) is 12.4. The molecule has 1 N–H and O–H groups in total. The first kappa shape index (κ1) is 18.4. The van der Waals surface area contributed by atoms with Crippen LogP contribution >= 0.6 is 43.5 Å². The highest BCUT2D eigenvalue weighted by Crippen LogP contribution is 2.29. The molecule has 0 unspecified atom stereocenters. The average molecular weight is 486 g/mol. The minimum Gasteiger partial charge on any atom is -0.319 e. The normalized spacial score (nSPS) is 11.5. The van der Waals surface area contributed by atoms with Gasteiger partial charge in [0.2, 0.25) is 0 Å². The standard InChI is InChI=1S/C13H12Br2ClN3O3S/c1-7-3-4-9(8(16)5-7)17-13(20)11-10(14)12(15)19(18-11)6-23(2,21)22/h3-5H,6H2,1-2H3,(H,17,20). The minimum atomic E-state index is -3.30. The molecule has 0 aliphatic heterocycles. The molecule has 0 fully saturated rings. The Hall–Kier alpha value is -0.900. The van der Waals surface area contributed by atoms with Gasteiger partial charge in [-0.2, -0.15) is 5.10 Å². The lowest BCUT2D eigenvalue weighted by atomic mass is 10.2. The third kappa shape index (κ3) is 4.56. The second kappa shape index (κ2) is 6.92. The van der Waals surface area contributed by atoms with E-state index in [9.17, 15) is 13.2 Å². The number of aryl methyl sites for hydroxylation is 1. The number of carbonyl (C=O) groups excluding carboxylic acids is 1. The summed E-state index contributed by atoms with van der Waals surface area (Å²) in [6.45, 7) is 1.89. The van der Waals surface area contributed by atoms with E-state index in [2.05, 4.69) is 42.3 Å². The van der Waals surface area contributed by atoms with Gasteiger partial charge in [-0.1, -0.05) is 17.7 Å². The topological polar surface area (TPSA) is 81.1 Å². The number of rotatable bonds is 4. The number of sulfone groups is 1. The largest absolute Gasteiger partial charge is 0.319 e. The van der Waals surface area contributed by atoms with Crippen LogP contribution in [0.25, 0.3) is 0 Å². The van der Waals surface area contributed by atoms with E-state index in [1.54, 1.807) is 12.1 Å². The van der Waals surface area contributed by atoms with Gasteiger partial charge in [-0.15, -0.1) is 0 Å². The quantitative estimate of drug-likeness (QED) is 0.717. The smallest absolute Gasteiger partial charge is 0.277 e. The lowest BCUT2D eigenvalue weighted by Gasteiger charge is -2.06. The molecule has 0 atom stereocenters. The number of halogens is 3. The molecule has 0 spiro atoms. The van der Waals surface area contributed by atoms with E-state index in [0.29, 0.717) is 19.8 Å². The fraction of sp³-hybridized carbons (Fsp3) is 0.231. The maximum atomic E-state index is 12.4. The lowest BCUT2D eigenvalue weighted by Crippen LogP contribution is -2.15. The highest BCUT2D eigenvalue weighted by Gasteiger charge is 2.22. The summed E-state index contributed by atoms with van der Waals surface area (Å²) in [6, 6.07) is 5.23. The van der Waals surface area contributed by atoms with Gasteiger partial charge < -0.3 is 5.32 Å². The van der Waals surface area contributed by atoms with E-state index in [4.69, 9.17) is 11.6 Å². The zero-order chi connectivity index (χ0) is 17.4. The molecule has 0 saturated carbocycles. The van der Waals surface area contributed by atoms with Crippen LogP contribution in [0.2, 0.25) is 5.02 Å². The van der Waals surface area contributed by atoms with Crippen LogP contribution in [0.5, 0.6) is 0 Å². The molecule has 2 aromatic rings. The van der Waals surface area contributed by atoms with Crippen molar-refractivity contribution >= 4 is 64.9 Å². The first-order valence-electron chi connectivity index (χ1n) is 6.25. The van der Waals surface area contributed by atoms with Crippen LogP contribution in [0, 0.1) is 6.92 Å². The second-order valence-electron chi connectivity index (χ2n) is 4.95. The van der Waals surface area contributed by atoms with Crippen molar-refractivity contribution in [2.45, 2.75) is 12.8 Å². The number of amides is 1. The van der Waals surface area contributed by atoms with Crippen LogP contribution in [0.4, 0.5) is 5.69 Å². The van der Waals surface area contributed by atoms with Gasteiger partial charge >= 0.3 is 0 Å². The number of hydrogen-bond donors (Lipinski definition) is 1. The number of nitrogens with zero attached hydrogens (tertiary/aromatic N) is 2. The van der Waals surface area contributed by atoms with Gasteiger partial charge in [0.25, 0.3) is 5.91 Å². The maximum Gasteiger partial charge on any atom is 0.277 e. The Balaban J connectivity index is 2.31. The van der Waals surface area contributed by atoms with Crippen LogP contribution in [0.1, 0.15) is 16.1 Å². The zero-order valence-corrected chi connectivity index (χ0v) is 16.8. The summed E-state index contributed by atoms with van der Waals surface area (Å²) < 4.78 is 24.7. The number of nitrogens with one attached hydrogen (secondary N) is 1. The average Bonchev–Trinajstić information content (AvgIpc) is 2.68. The van der Waals surface area contributed by atoms with Crippen molar-refractivity contribution in [3.63, 3.8) is 0 Å². The predicted octanol–water partition coefficient (Wildman–Crippen LogP) is 3.62. The summed E-state index contributed by atoms with van der Waals surface area (Å²) in [5.74, 6) is -0.847. The monoisotopic (exact) mass is 483 g/mol. The van der Waals surface area contributed by atoms with Crippen molar-refractivity contribution in [3.8, 4) is 0 Å². The summed E-state index contributed by atoms with van der Waals surface area (Å²) in [5.41, 5.74) is 1.47. The Morgan fingerprint density at radius 2 is 2.04 bits per heavy atom. The van der Waals surface area contributed by atoms with Crippen molar-refractivity contribution in [2.75, 3.05) is 11.6 Å². The second-order valence-corrected chi connectivity index (χ2v) is 9.01. The number of benzene rings is 1. The molecule has 6 nitrogen and oxygen atoms in total. The third-order valence-corrected chi connectivity index (χ3v) is 5.90. The lowest BCUT2D eigenvalue weighted by molar-refractivity contribution is 0.102. The summed E-state index contributed by atoms with van der Waals surface area (Å²) in [7, 11) is -3.30. The highest BCUT2D eigenvalue weighted by molar-refractivity contribution is 9.13. The van der Waals surface area contributed by atoms with Crippen molar-refractivity contribution < 1.29 is 13.2 Å². The molecule has 2 rings (SSSR count). The van der Waals surface area contributed by atoms with Crippen molar-refractivity contribution in [2.24, 2.45) is 0 Å². The van der Waals surface area contributed by atoms with E-state index >= 15 is 0 Å². The maximum absolute atomic E-state index is 12.4. The number of anilines is 1. The number of hydrogen-bond acceptors (Lipinski definition) is 4. The van der Waals surface area contributed by atoms with Gasteiger partial charge in [0.05, 0.1) is 15.2 Å². The molecule has 0 saturated heterocycles. The summed E-state index contributed by atoms with van der Waals surface area (Å²) in [6.07, 6.45) is 1.08. The van der Waals surface area contributed by atoms with Crippen molar-refractivity contribution in [3.05, 3.63) is 43.6 Å². The Morgan fingerprint density at radius 1 is 1.39 bits per heavy atom. The summed E-state index contributed by atoms with van der Waals surface area (Å²) in [5, 5.41) is 7.08. The molecule has 23 heavy (non-hydrogen) atoms. The Labute approximate surface area is 155 Å². The van der Waals surface area contributed by atoms with E-state index < -0.39 is 15.7 Å². The summed E-state index contributed by atoms with van der Waals surface area (Å²) >= 11 is 12.5. The number of carbonyl (C=O) groups is 1. The van der Waals surface area contributed by atoms with E-state index in [1.807, 2.05) is 13.0 Å². The Morgan fingerprint density at radius 3 is 2.61 bits per heavy atom. The van der Waals surface area contributed by atoms with Crippen LogP contribution in [0.3, 0.4) is 0 Å². The fourth-order valence-corrected chi connectivity index (χ4v) is 3.71. The van der Waals surface area contributed by atoms with Gasteiger partial charge in [-0.25, -0.2) is 13.1 Å². The van der Waals surface area contributed by atoms with Crippen LogP contribution in [-0.2, 0) is 15.7 Å². The molecule has 1 aromatic heterocycles. The molecule has 1 amide bonds. The van der Waals surface area contributed by atoms with Gasteiger partial charge in [0.15, 0.2) is 15.5 Å². The van der Waals surface area contributed by atoms with Crippen LogP contribution < -0.4 is 5.32 Å². The van der Waals surface area contributed by atoms with Crippen molar-refractivity contribution in [1.82, 2.24) is 9.78 Å². The van der Waals surface area contributed by atoms with Crippen LogP contribution in [0.15, 0.2) is 27.3 Å². The highest BCUT2D eigenvalue weighted by atomic mass is 79.9. The first-order valence-corrected chi connectivity index (χ1v) is 10.3. The van der Waals surface area contributed by atoms with Gasteiger partial charge in [0.1, 0.15) is 10.5 Å². The predicted molar refractivity (Wildman–Crippen MR) is 96.6 cm³/mol. The Bertz CT molecular complexity index is 881. The SMILES string of the molecule is Cc1ccc(NC(=O)c2nn(CS(C)(=O)=O)c(Br)c2Br)c(Cl)c1. The molecule has 124 valence electrons. The van der Waals surface area contributed by atoms with E-state index in [-0.39, 0.29) is 11.6 Å². The molecule has 10 heteroatoms. The molecule has 1 heterocycles.